The van der Waals surface area contributed by atoms with Gasteiger partial charge in [-0.05, 0) is 49.2 Å². The minimum atomic E-state index is -0.00504. The Morgan fingerprint density at radius 2 is 2.27 bits per heavy atom. The Labute approximate surface area is 152 Å². The number of ketones is 1. The van der Waals surface area contributed by atoms with E-state index >= 15 is 0 Å². The van der Waals surface area contributed by atoms with Gasteiger partial charge >= 0.3 is 0 Å². The van der Waals surface area contributed by atoms with Crippen LogP contribution in [0.25, 0.3) is 0 Å². The molecule has 1 aromatic carbocycles. The lowest BCUT2D eigenvalue weighted by Crippen LogP contribution is -2.38. The molecule has 1 fully saturated rings. The number of likely N-dealkylation sites (tertiary alicyclic amines) is 1. The van der Waals surface area contributed by atoms with E-state index in [4.69, 9.17) is 14.2 Å². The first kappa shape index (κ1) is 16.8. The molecule has 6 heteroatoms. The topological polar surface area (TPSA) is 60.9 Å². The van der Waals surface area contributed by atoms with Crippen LogP contribution < -0.4 is 14.2 Å². The molecule has 2 aliphatic rings. The van der Waals surface area contributed by atoms with Crippen LogP contribution >= 0.6 is 0 Å². The molecule has 26 heavy (non-hydrogen) atoms. The molecule has 0 unspecified atom stereocenters. The molecule has 0 spiro atoms. The van der Waals surface area contributed by atoms with Gasteiger partial charge in [0.05, 0.1) is 7.11 Å². The molecule has 3 heterocycles. The zero-order valence-corrected chi connectivity index (χ0v) is 14.8. The number of hydrogen-bond donors (Lipinski definition) is 0. The van der Waals surface area contributed by atoms with E-state index in [2.05, 4.69) is 9.88 Å². The normalized spacial score (nSPS) is 19.3. The Morgan fingerprint density at radius 1 is 1.35 bits per heavy atom. The summed E-state index contributed by atoms with van der Waals surface area (Å²) in [5, 5.41) is 0. The Bertz CT molecular complexity index is 794. The zero-order chi connectivity index (χ0) is 17.9. The number of carbonyl (C=O) groups is 1. The van der Waals surface area contributed by atoms with Crippen LogP contribution in [-0.2, 0) is 6.54 Å². The van der Waals surface area contributed by atoms with E-state index in [-0.39, 0.29) is 18.5 Å². The third kappa shape index (κ3) is 3.37. The van der Waals surface area contributed by atoms with Crippen molar-refractivity contribution in [1.29, 1.82) is 0 Å². The summed E-state index contributed by atoms with van der Waals surface area (Å²) in [6, 6.07) is 9.47. The highest BCUT2D eigenvalue weighted by Gasteiger charge is 2.28. The Hall–Kier alpha value is -2.60. The summed E-state index contributed by atoms with van der Waals surface area (Å²) in [6.45, 7) is 2.69. The fraction of sp³-hybridized carbons (Fsp3) is 0.400. The van der Waals surface area contributed by atoms with Gasteiger partial charge < -0.3 is 14.2 Å². The number of aromatic nitrogens is 1. The summed E-state index contributed by atoms with van der Waals surface area (Å²) >= 11 is 0. The van der Waals surface area contributed by atoms with Gasteiger partial charge in [-0.25, -0.2) is 0 Å². The maximum absolute atomic E-state index is 12.7. The van der Waals surface area contributed by atoms with Crippen LogP contribution in [0.3, 0.4) is 0 Å². The standard InChI is InChI=1S/C20H22N2O4/c1-24-17-9-14(10-18-20(17)26-13-25-18)11-22-8-4-5-15(12-22)19(23)16-6-2-3-7-21-16/h2-3,6-7,9-10,15H,4-5,8,11-13H2,1H3/t15-/m0/s1. The van der Waals surface area contributed by atoms with Crippen molar-refractivity contribution in [2.45, 2.75) is 19.4 Å². The highest BCUT2D eigenvalue weighted by atomic mass is 16.7. The molecule has 0 aliphatic carbocycles. The largest absolute Gasteiger partial charge is 0.493 e. The Kier molecular flexibility index (Phi) is 4.75. The van der Waals surface area contributed by atoms with Crippen molar-refractivity contribution >= 4 is 5.78 Å². The molecule has 1 atom stereocenters. The van der Waals surface area contributed by atoms with Crippen LogP contribution in [0, 0.1) is 5.92 Å². The number of Topliss-reactive ketones (excluding diaryl/α,β-unsaturated/α-hetero) is 1. The van der Waals surface area contributed by atoms with E-state index in [0.717, 1.165) is 43.8 Å². The summed E-state index contributed by atoms with van der Waals surface area (Å²) < 4.78 is 16.4. The summed E-state index contributed by atoms with van der Waals surface area (Å²) in [5.41, 5.74) is 1.65. The predicted molar refractivity (Wildman–Crippen MR) is 95.7 cm³/mol. The van der Waals surface area contributed by atoms with Gasteiger partial charge in [0.25, 0.3) is 0 Å². The third-order valence-electron chi connectivity index (χ3n) is 4.92. The average molecular weight is 354 g/mol. The SMILES string of the molecule is COc1cc(CN2CCC[C@H](C(=O)c3ccccn3)C2)cc2c1OCO2. The quantitative estimate of drug-likeness (QED) is 0.770. The molecule has 6 nitrogen and oxygen atoms in total. The second-order valence-corrected chi connectivity index (χ2v) is 6.69. The molecule has 0 radical (unpaired) electrons. The number of ether oxygens (including phenoxy) is 3. The molecule has 0 N–H and O–H groups in total. The minimum absolute atomic E-state index is 0.00504. The van der Waals surface area contributed by atoms with E-state index < -0.39 is 0 Å². The summed E-state index contributed by atoms with van der Waals surface area (Å²) in [5.74, 6) is 2.21. The lowest BCUT2D eigenvalue weighted by molar-refractivity contribution is 0.0806. The highest BCUT2D eigenvalue weighted by molar-refractivity contribution is 5.96. The summed E-state index contributed by atoms with van der Waals surface area (Å²) in [6.07, 6.45) is 3.59. The molecule has 1 saturated heterocycles. The van der Waals surface area contributed by atoms with Gasteiger partial charge in [-0.3, -0.25) is 14.7 Å². The van der Waals surface area contributed by atoms with Crippen LogP contribution in [0.1, 0.15) is 28.9 Å². The van der Waals surface area contributed by atoms with E-state index in [1.165, 1.54) is 0 Å². The van der Waals surface area contributed by atoms with Crippen molar-refractivity contribution in [2.75, 3.05) is 27.0 Å². The van der Waals surface area contributed by atoms with Crippen LogP contribution in [0.15, 0.2) is 36.5 Å². The first-order valence-corrected chi connectivity index (χ1v) is 8.88. The number of carbonyl (C=O) groups excluding carboxylic acids is 1. The van der Waals surface area contributed by atoms with Crippen LogP contribution in [0.4, 0.5) is 0 Å². The van der Waals surface area contributed by atoms with E-state index in [0.29, 0.717) is 17.2 Å². The number of hydrogen-bond acceptors (Lipinski definition) is 6. The van der Waals surface area contributed by atoms with Crippen molar-refractivity contribution in [3.05, 3.63) is 47.8 Å². The summed E-state index contributed by atoms with van der Waals surface area (Å²) in [7, 11) is 1.63. The first-order valence-electron chi connectivity index (χ1n) is 8.88. The monoisotopic (exact) mass is 354 g/mol. The van der Waals surface area contributed by atoms with Crippen molar-refractivity contribution in [1.82, 2.24) is 9.88 Å². The number of rotatable bonds is 5. The molecular formula is C20H22N2O4. The highest BCUT2D eigenvalue weighted by Crippen LogP contribution is 2.42. The molecule has 1 aromatic heterocycles. The maximum atomic E-state index is 12.7. The lowest BCUT2D eigenvalue weighted by atomic mass is 9.91. The number of pyridine rings is 1. The molecule has 0 saturated carbocycles. The van der Waals surface area contributed by atoms with Gasteiger partial charge in [0.15, 0.2) is 17.3 Å². The Balaban J connectivity index is 1.46. The molecule has 136 valence electrons. The van der Waals surface area contributed by atoms with Gasteiger partial charge in [0.1, 0.15) is 5.69 Å². The number of methoxy groups -OCH3 is 1. The number of nitrogens with zero attached hydrogens (tertiary/aromatic N) is 2. The average Bonchev–Trinajstić information content (AvgIpc) is 3.16. The lowest BCUT2D eigenvalue weighted by Gasteiger charge is -2.32. The van der Waals surface area contributed by atoms with Crippen molar-refractivity contribution in [2.24, 2.45) is 5.92 Å². The van der Waals surface area contributed by atoms with Crippen molar-refractivity contribution in [3.63, 3.8) is 0 Å². The molecule has 0 amide bonds. The van der Waals surface area contributed by atoms with Gasteiger partial charge in [-0.15, -0.1) is 0 Å². The Morgan fingerprint density at radius 3 is 3.08 bits per heavy atom. The van der Waals surface area contributed by atoms with E-state index in [1.54, 1.807) is 19.4 Å². The van der Waals surface area contributed by atoms with Gasteiger partial charge in [0.2, 0.25) is 12.5 Å². The van der Waals surface area contributed by atoms with Gasteiger partial charge in [-0.2, -0.15) is 0 Å². The van der Waals surface area contributed by atoms with Gasteiger partial charge in [0, 0.05) is 25.2 Å². The van der Waals surface area contributed by atoms with Crippen LogP contribution in [0.5, 0.6) is 17.2 Å². The van der Waals surface area contributed by atoms with Crippen LogP contribution in [0.2, 0.25) is 0 Å². The smallest absolute Gasteiger partial charge is 0.231 e. The van der Waals surface area contributed by atoms with Gasteiger partial charge in [-0.1, -0.05) is 6.07 Å². The first-order chi connectivity index (χ1) is 12.7. The van der Waals surface area contributed by atoms with Crippen molar-refractivity contribution < 1.29 is 19.0 Å². The molecule has 0 bridgehead atoms. The molecule has 4 rings (SSSR count). The summed E-state index contributed by atoms with van der Waals surface area (Å²) in [4.78, 5) is 19.2. The third-order valence-corrected chi connectivity index (χ3v) is 4.92. The number of fused-ring (bicyclic) bond motifs is 1. The molecule has 2 aromatic rings. The molecule has 2 aliphatic heterocycles. The number of piperidine rings is 1. The second-order valence-electron chi connectivity index (χ2n) is 6.69. The minimum Gasteiger partial charge on any atom is -0.493 e. The molecular weight excluding hydrogens is 332 g/mol. The fourth-order valence-corrected chi connectivity index (χ4v) is 3.66. The van der Waals surface area contributed by atoms with Crippen molar-refractivity contribution in [3.8, 4) is 17.2 Å². The number of benzene rings is 1. The fourth-order valence-electron chi connectivity index (χ4n) is 3.66. The second kappa shape index (κ2) is 7.33. The van der Waals surface area contributed by atoms with E-state index in [9.17, 15) is 4.79 Å². The zero-order valence-electron chi connectivity index (χ0n) is 14.8. The van der Waals surface area contributed by atoms with E-state index in [1.807, 2.05) is 24.3 Å². The predicted octanol–water partition coefficient (Wildman–Crippen LogP) is 2.91. The maximum Gasteiger partial charge on any atom is 0.231 e. The van der Waals surface area contributed by atoms with Crippen LogP contribution in [-0.4, -0.2) is 42.7 Å².